The summed E-state index contributed by atoms with van der Waals surface area (Å²) in [5.41, 5.74) is 1.80. The second-order valence-electron chi connectivity index (χ2n) is 4.64. The van der Waals surface area contributed by atoms with E-state index in [1.165, 1.54) is 12.8 Å². The summed E-state index contributed by atoms with van der Waals surface area (Å²) >= 11 is 0. The Morgan fingerprint density at radius 2 is 2.18 bits per heavy atom. The summed E-state index contributed by atoms with van der Waals surface area (Å²) in [6.45, 7) is 0. The Labute approximate surface area is 99.4 Å². The summed E-state index contributed by atoms with van der Waals surface area (Å²) in [6.07, 6.45) is 6.18. The van der Waals surface area contributed by atoms with Gasteiger partial charge in [0.05, 0.1) is 11.7 Å². The molecule has 1 aliphatic rings. The predicted molar refractivity (Wildman–Crippen MR) is 66.7 cm³/mol. The first-order valence-electron chi connectivity index (χ1n) is 6.07. The maximum atomic E-state index is 12.0. The van der Waals surface area contributed by atoms with Crippen molar-refractivity contribution in [3.63, 3.8) is 0 Å². The lowest BCUT2D eigenvalue weighted by atomic mass is 10.1. The molecule has 0 spiro atoms. The van der Waals surface area contributed by atoms with Crippen molar-refractivity contribution in [2.45, 2.75) is 25.7 Å². The summed E-state index contributed by atoms with van der Waals surface area (Å²) in [6, 6.07) is 5.81. The van der Waals surface area contributed by atoms with E-state index in [1.807, 2.05) is 18.2 Å². The molecule has 0 saturated heterocycles. The van der Waals surface area contributed by atoms with Crippen LogP contribution in [0.3, 0.4) is 0 Å². The summed E-state index contributed by atoms with van der Waals surface area (Å²) < 4.78 is 0. The van der Waals surface area contributed by atoms with Crippen molar-refractivity contribution >= 4 is 22.5 Å². The Morgan fingerprint density at radius 3 is 3.00 bits per heavy atom. The molecular weight excluding hydrogens is 214 g/mol. The van der Waals surface area contributed by atoms with Crippen LogP contribution in [0.4, 0.5) is 5.69 Å². The number of hydrogen-bond acceptors (Lipinski definition) is 2. The minimum Gasteiger partial charge on any atom is -0.326 e. The lowest BCUT2D eigenvalue weighted by Crippen LogP contribution is -2.20. The molecular formula is C13H15N3O. The van der Waals surface area contributed by atoms with Crippen LogP contribution in [0, 0.1) is 5.92 Å². The number of hydrogen-bond donors (Lipinski definition) is 2. The number of carbonyl (C=O) groups is 1. The summed E-state index contributed by atoms with van der Waals surface area (Å²) in [4.78, 5) is 12.0. The number of H-pyrrole nitrogens is 1. The van der Waals surface area contributed by atoms with Gasteiger partial charge in [0.2, 0.25) is 5.91 Å². The van der Waals surface area contributed by atoms with E-state index < -0.39 is 0 Å². The standard InChI is InChI=1S/C13H15N3O/c17-13(9-3-1-2-4-9)15-11-6-5-10-8-14-16-12(10)7-11/h5-9H,1-4H2,(H,14,16)(H,15,17). The second-order valence-corrected chi connectivity index (χ2v) is 4.64. The Balaban J connectivity index is 1.77. The number of rotatable bonds is 2. The average Bonchev–Trinajstić information content (AvgIpc) is 2.99. The second kappa shape index (κ2) is 4.20. The van der Waals surface area contributed by atoms with E-state index in [2.05, 4.69) is 15.5 Å². The molecule has 1 saturated carbocycles. The van der Waals surface area contributed by atoms with E-state index in [4.69, 9.17) is 0 Å². The van der Waals surface area contributed by atoms with Gasteiger partial charge in [0.15, 0.2) is 0 Å². The smallest absolute Gasteiger partial charge is 0.227 e. The van der Waals surface area contributed by atoms with Crippen molar-refractivity contribution in [2.75, 3.05) is 5.32 Å². The molecule has 0 aliphatic heterocycles. The van der Waals surface area contributed by atoms with Crippen molar-refractivity contribution in [1.82, 2.24) is 10.2 Å². The fourth-order valence-electron chi connectivity index (χ4n) is 2.45. The maximum absolute atomic E-state index is 12.0. The number of aromatic nitrogens is 2. The zero-order chi connectivity index (χ0) is 11.7. The average molecular weight is 229 g/mol. The van der Waals surface area contributed by atoms with Crippen LogP contribution in [0.5, 0.6) is 0 Å². The summed E-state index contributed by atoms with van der Waals surface area (Å²) in [5, 5.41) is 10.9. The van der Waals surface area contributed by atoms with Gasteiger partial charge in [-0.25, -0.2) is 0 Å². The van der Waals surface area contributed by atoms with Crippen molar-refractivity contribution in [1.29, 1.82) is 0 Å². The largest absolute Gasteiger partial charge is 0.326 e. The van der Waals surface area contributed by atoms with E-state index in [-0.39, 0.29) is 11.8 Å². The highest BCUT2D eigenvalue weighted by atomic mass is 16.1. The third kappa shape index (κ3) is 2.02. The van der Waals surface area contributed by atoms with Gasteiger partial charge in [0.1, 0.15) is 0 Å². The Morgan fingerprint density at radius 1 is 1.35 bits per heavy atom. The van der Waals surface area contributed by atoms with Gasteiger partial charge in [-0.15, -0.1) is 0 Å². The molecule has 3 rings (SSSR count). The number of nitrogens with one attached hydrogen (secondary N) is 2. The number of amides is 1. The van der Waals surface area contributed by atoms with Gasteiger partial charge in [-0.05, 0) is 31.0 Å². The zero-order valence-electron chi connectivity index (χ0n) is 9.57. The minimum atomic E-state index is 0.154. The van der Waals surface area contributed by atoms with Crippen LogP contribution in [0.25, 0.3) is 10.9 Å². The van der Waals surface area contributed by atoms with Gasteiger partial charge >= 0.3 is 0 Å². The van der Waals surface area contributed by atoms with E-state index in [1.54, 1.807) is 6.20 Å². The number of nitrogens with zero attached hydrogens (tertiary/aromatic N) is 1. The number of aromatic amines is 1. The molecule has 1 amide bonds. The molecule has 4 nitrogen and oxygen atoms in total. The first kappa shape index (κ1) is 10.3. The first-order valence-corrected chi connectivity index (χ1v) is 6.07. The molecule has 1 aliphatic carbocycles. The van der Waals surface area contributed by atoms with Gasteiger partial charge < -0.3 is 5.32 Å². The van der Waals surface area contributed by atoms with Crippen LogP contribution in [-0.4, -0.2) is 16.1 Å². The molecule has 0 unspecified atom stereocenters. The molecule has 2 aromatic rings. The molecule has 1 aromatic carbocycles. The summed E-state index contributed by atoms with van der Waals surface area (Å²) in [5.74, 6) is 0.355. The topological polar surface area (TPSA) is 57.8 Å². The van der Waals surface area contributed by atoms with Crippen molar-refractivity contribution < 1.29 is 4.79 Å². The highest BCUT2D eigenvalue weighted by Crippen LogP contribution is 2.26. The quantitative estimate of drug-likeness (QED) is 0.831. The minimum absolute atomic E-state index is 0.154. The van der Waals surface area contributed by atoms with Gasteiger partial charge in [0, 0.05) is 17.0 Å². The molecule has 4 heteroatoms. The van der Waals surface area contributed by atoms with Gasteiger partial charge in [0.25, 0.3) is 0 Å². The molecule has 0 atom stereocenters. The fourth-order valence-corrected chi connectivity index (χ4v) is 2.45. The highest BCUT2D eigenvalue weighted by Gasteiger charge is 2.22. The van der Waals surface area contributed by atoms with Crippen molar-refractivity contribution in [3.8, 4) is 0 Å². The van der Waals surface area contributed by atoms with E-state index in [9.17, 15) is 4.79 Å². The Kier molecular flexibility index (Phi) is 2.55. The van der Waals surface area contributed by atoms with Gasteiger partial charge in [-0.3, -0.25) is 9.89 Å². The zero-order valence-corrected chi connectivity index (χ0v) is 9.57. The molecule has 88 valence electrons. The van der Waals surface area contributed by atoms with Crippen molar-refractivity contribution in [2.24, 2.45) is 5.92 Å². The molecule has 1 aromatic heterocycles. The number of carbonyl (C=O) groups excluding carboxylic acids is 1. The maximum Gasteiger partial charge on any atom is 0.227 e. The molecule has 17 heavy (non-hydrogen) atoms. The van der Waals surface area contributed by atoms with Gasteiger partial charge in [-0.1, -0.05) is 12.8 Å². The van der Waals surface area contributed by atoms with E-state index in [0.717, 1.165) is 29.4 Å². The molecule has 0 radical (unpaired) electrons. The monoisotopic (exact) mass is 229 g/mol. The lowest BCUT2D eigenvalue weighted by Gasteiger charge is -2.10. The number of anilines is 1. The van der Waals surface area contributed by atoms with Crippen LogP contribution in [-0.2, 0) is 4.79 Å². The Bertz CT molecular complexity index is 540. The third-order valence-electron chi connectivity index (χ3n) is 3.44. The van der Waals surface area contributed by atoms with Crippen LogP contribution >= 0.6 is 0 Å². The molecule has 1 fully saturated rings. The molecule has 2 N–H and O–H groups in total. The third-order valence-corrected chi connectivity index (χ3v) is 3.44. The van der Waals surface area contributed by atoms with Gasteiger partial charge in [-0.2, -0.15) is 5.10 Å². The first-order chi connectivity index (χ1) is 8.33. The molecule has 0 bridgehead atoms. The number of fused-ring (bicyclic) bond motifs is 1. The SMILES string of the molecule is O=C(Nc1ccc2cn[nH]c2c1)C1CCCC1. The summed E-state index contributed by atoms with van der Waals surface area (Å²) in [7, 11) is 0. The van der Waals surface area contributed by atoms with E-state index in [0.29, 0.717) is 0 Å². The predicted octanol–water partition coefficient (Wildman–Crippen LogP) is 2.69. The van der Waals surface area contributed by atoms with Crippen LogP contribution < -0.4 is 5.32 Å². The van der Waals surface area contributed by atoms with E-state index >= 15 is 0 Å². The number of benzene rings is 1. The fraction of sp³-hybridized carbons (Fsp3) is 0.385. The molecule has 1 heterocycles. The normalized spacial score (nSPS) is 16.5. The highest BCUT2D eigenvalue weighted by molar-refractivity contribution is 5.94. The van der Waals surface area contributed by atoms with Crippen molar-refractivity contribution in [3.05, 3.63) is 24.4 Å². The Hall–Kier alpha value is -1.84. The van der Waals surface area contributed by atoms with Crippen LogP contribution in [0.1, 0.15) is 25.7 Å². The lowest BCUT2D eigenvalue weighted by molar-refractivity contribution is -0.119. The van der Waals surface area contributed by atoms with Crippen LogP contribution in [0.2, 0.25) is 0 Å². The van der Waals surface area contributed by atoms with Crippen LogP contribution in [0.15, 0.2) is 24.4 Å².